The zero-order chi connectivity index (χ0) is 26.5. The minimum absolute atomic E-state index is 0.0298. The highest BCUT2D eigenvalue weighted by molar-refractivity contribution is 5.74. The summed E-state index contributed by atoms with van der Waals surface area (Å²) in [5.41, 5.74) is 1.22. The van der Waals surface area contributed by atoms with Crippen molar-refractivity contribution >= 4 is 12.1 Å². The molecule has 0 saturated heterocycles. The highest BCUT2D eigenvalue weighted by Gasteiger charge is 2.50. The van der Waals surface area contributed by atoms with Crippen molar-refractivity contribution in [2.75, 3.05) is 33.2 Å². The first-order valence-corrected chi connectivity index (χ1v) is 14.5. The molecule has 0 aliphatic heterocycles. The van der Waals surface area contributed by atoms with Crippen molar-refractivity contribution in [3.63, 3.8) is 0 Å². The van der Waals surface area contributed by atoms with Gasteiger partial charge in [-0.1, -0.05) is 0 Å². The molecule has 37 heavy (non-hydrogen) atoms. The molecule has 4 aliphatic carbocycles. The van der Waals surface area contributed by atoms with Crippen LogP contribution in [0.15, 0.2) is 24.5 Å². The van der Waals surface area contributed by atoms with Crippen molar-refractivity contribution in [1.82, 2.24) is 20.1 Å². The topological polar surface area (TPSA) is 74.8 Å². The normalized spacial score (nSPS) is 26.1. The first-order chi connectivity index (χ1) is 17.6. The van der Waals surface area contributed by atoms with Crippen molar-refractivity contribution in [3.05, 3.63) is 30.1 Å². The molecule has 7 heteroatoms. The average Bonchev–Trinajstić information content (AvgIpc) is 2.82. The largest absolute Gasteiger partial charge is 0.444 e. The monoisotopic (exact) mass is 512 g/mol. The fourth-order valence-electron chi connectivity index (χ4n) is 7.41. The lowest BCUT2D eigenvalue weighted by Gasteiger charge is -2.57. The van der Waals surface area contributed by atoms with Crippen molar-refractivity contribution in [3.8, 4) is 0 Å². The van der Waals surface area contributed by atoms with E-state index in [-0.39, 0.29) is 12.1 Å². The molecule has 1 aromatic rings. The maximum Gasteiger partial charge on any atom is 0.410 e. The van der Waals surface area contributed by atoms with Gasteiger partial charge in [0.2, 0.25) is 0 Å². The van der Waals surface area contributed by atoms with Crippen LogP contribution in [0.3, 0.4) is 0 Å². The van der Waals surface area contributed by atoms with E-state index in [0.717, 1.165) is 43.6 Å². The van der Waals surface area contributed by atoms with Gasteiger partial charge >= 0.3 is 12.1 Å². The maximum atomic E-state index is 13.2. The Labute approximate surface area is 223 Å². The summed E-state index contributed by atoms with van der Waals surface area (Å²) in [5.74, 6) is 2.86. The fraction of sp³-hybridized carbons (Fsp3) is 0.767. The number of pyridine rings is 1. The van der Waals surface area contributed by atoms with E-state index in [9.17, 15) is 9.59 Å². The summed E-state index contributed by atoms with van der Waals surface area (Å²) < 4.78 is 5.50. The third-order valence-electron chi connectivity index (χ3n) is 8.67. The minimum Gasteiger partial charge on any atom is -0.444 e. The molecule has 1 heterocycles. The van der Waals surface area contributed by atoms with E-state index < -0.39 is 5.60 Å². The number of urea groups is 1. The molecule has 4 fully saturated rings. The van der Waals surface area contributed by atoms with E-state index in [2.05, 4.69) is 10.3 Å². The Morgan fingerprint density at radius 1 is 1.00 bits per heavy atom. The molecule has 1 aromatic heterocycles. The summed E-state index contributed by atoms with van der Waals surface area (Å²) in [6, 6.07) is 4.01. The number of carbonyl (C=O) groups excluding carboxylic acids is 2. The molecule has 4 saturated carbocycles. The Bertz CT molecular complexity index is 863. The molecule has 206 valence electrons. The average molecular weight is 513 g/mol. The van der Waals surface area contributed by atoms with Crippen LogP contribution in [0.1, 0.15) is 84.1 Å². The van der Waals surface area contributed by atoms with Gasteiger partial charge in [-0.25, -0.2) is 9.59 Å². The van der Waals surface area contributed by atoms with Crippen molar-refractivity contribution < 1.29 is 14.3 Å². The van der Waals surface area contributed by atoms with Crippen molar-refractivity contribution in [2.24, 2.45) is 23.2 Å². The number of carbonyl (C=O) groups is 2. The van der Waals surface area contributed by atoms with Gasteiger partial charge in [0, 0.05) is 45.6 Å². The third kappa shape index (κ3) is 8.08. The van der Waals surface area contributed by atoms with Gasteiger partial charge in [0.05, 0.1) is 0 Å². The summed E-state index contributed by atoms with van der Waals surface area (Å²) in [4.78, 5) is 33.2. The van der Waals surface area contributed by atoms with Crippen LogP contribution in [0, 0.1) is 23.2 Å². The summed E-state index contributed by atoms with van der Waals surface area (Å²) in [6.07, 6.45) is 15.9. The number of likely N-dealkylation sites (N-methyl/N-ethyl adjacent to an activating group) is 1. The molecule has 0 radical (unpaired) electrons. The number of nitrogens with zero attached hydrogens (tertiary/aromatic N) is 3. The van der Waals surface area contributed by atoms with Crippen molar-refractivity contribution in [1.29, 1.82) is 0 Å². The molecule has 7 nitrogen and oxygen atoms in total. The third-order valence-corrected chi connectivity index (χ3v) is 8.67. The number of hydrogen-bond acceptors (Lipinski definition) is 4. The lowest BCUT2D eigenvalue weighted by Crippen LogP contribution is -2.47. The first-order valence-electron chi connectivity index (χ1n) is 14.5. The number of ether oxygens (including phenoxy) is 1. The second kappa shape index (κ2) is 12.0. The predicted octanol–water partition coefficient (Wildman–Crippen LogP) is 5.89. The van der Waals surface area contributed by atoms with Gasteiger partial charge in [-0.3, -0.25) is 4.98 Å². The molecule has 0 aromatic carbocycles. The standard InChI is InChI=1S/C30H48N4O3/c1-29(2,3)37-28(36)33(4)15-16-34(27(35)32-11-5-7-23-8-12-31-13-9-23)14-6-10-30-20-24-17-25(21-30)19-26(18-24)22-30/h8-9,12-13,24-26H,5-7,10-11,14-22H2,1-4H3,(H,32,35). The highest BCUT2D eigenvalue weighted by Crippen LogP contribution is 2.61. The highest BCUT2D eigenvalue weighted by atomic mass is 16.6. The molecule has 0 atom stereocenters. The van der Waals surface area contributed by atoms with Crippen LogP contribution in [-0.4, -0.2) is 65.7 Å². The second-order valence-electron chi connectivity index (χ2n) is 13.1. The lowest BCUT2D eigenvalue weighted by atomic mass is 9.48. The Hall–Kier alpha value is -2.31. The van der Waals surface area contributed by atoms with Gasteiger partial charge in [0.25, 0.3) is 0 Å². The van der Waals surface area contributed by atoms with E-state index >= 15 is 0 Å². The molecule has 0 unspecified atom stereocenters. The van der Waals surface area contributed by atoms with Crippen LogP contribution in [0.4, 0.5) is 9.59 Å². The molecule has 3 amide bonds. The van der Waals surface area contributed by atoms with Crippen LogP contribution in [0.25, 0.3) is 0 Å². The van der Waals surface area contributed by atoms with Gasteiger partial charge in [-0.2, -0.15) is 0 Å². The van der Waals surface area contributed by atoms with Crippen LogP contribution in [0.2, 0.25) is 0 Å². The Morgan fingerprint density at radius 3 is 2.22 bits per heavy atom. The lowest BCUT2D eigenvalue weighted by molar-refractivity contribution is -0.0587. The Morgan fingerprint density at radius 2 is 1.62 bits per heavy atom. The molecular weight excluding hydrogens is 464 g/mol. The van der Waals surface area contributed by atoms with Crippen LogP contribution >= 0.6 is 0 Å². The number of rotatable bonds is 11. The van der Waals surface area contributed by atoms with Crippen LogP contribution in [0.5, 0.6) is 0 Å². The zero-order valence-corrected chi connectivity index (χ0v) is 23.5. The van der Waals surface area contributed by atoms with Gasteiger partial charge in [0.1, 0.15) is 5.60 Å². The van der Waals surface area contributed by atoms with Crippen LogP contribution < -0.4 is 5.32 Å². The molecule has 1 N–H and O–H groups in total. The van der Waals surface area contributed by atoms with Crippen LogP contribution in [-0.2, 0) is 11.2 Å². The number of aryl methyl sites for hydroxylation is 1. The Balaban J connectivity index is 1.27. The summed E-state index contributed by atoms with van der Waals surface area (Å²) >= 11 is 0. The van der Waals surface area contributed by atoms with E-state index in [1.54, 1.807) is 24.3 Å². The van der Waals surface area contributed by atoms with Crippen molar-refractivity contribution in [2.45, 2.75) is 90.6 Å². The number of aromatic nitrogens is 1. The molecule has 4 bridgehead atoms. The predicted molar refractivity (Wildman–Crippen MR) is 146 cm³/mol. The fourth-order valence-corrected chi connectivity index (χ4v) is 7.41. The smallest absolute Gasteiger partial charge is 0.410 e. The Kier molecular flexibility index (Phi) is 9.02. The summed E-state index contributed by atoms with van der Waals surface area (Å²) in [7, 11) is 1.74. The van der Waals surface area contributed by atoms with Gasteiger partial charge < -0.3 is 19.9 Å². The van der Waals surface area contributed by atoms with E-state index in [4.69, 9.17) is 4.74 Å². The number of nitrogens with one attached hydrogen (secondary N) is 1. The van der Waals surface area contributed by atoms with Gasteiger partial charge in [-0.05, 0) is 126 Å². The zero-order valence-electron chi connectivity index (χ0n) is 23.5. The molecular formula is C30H48N4O3. The second-order valence-corrected chi connectivity index (χ2v) is 13.1. The number of hydrogen-bond donors (Lipinski definition) is 1. The van der Waals surface area contributed by atoms with E-state index in [1.807, 2.05) is 37.8 Å². The molecule has 5 rings (SSSR count). The van der Waals surface area contributed by atoms with E-state index in [1.165, 1.54) is 50.5 Å². The molecule has 4 aliphatic rings. The molecule has 0 spiro atoms. The first kappa shape index (κ1) is 27.7. The number of amides is 3. The summed E-state index contributed by atoms with van der Waals surface area (Å²) in [5, 5.41) is 3.13. The van der Waals surface area contributed by atoms with Gasteiger partial charge in [-0.15, -0.1) is 0 Å². The minimum atomic E-state index is -0.533. The quantitative estimate of drug-likeness (QED) is 0.375. The SMILES string of the molecule is CN(CCN(CCCC12CC3CC(CC(C3)C1)C2)C(=O)NCCCc1ccncc1)C(=O)OC(C)(C)C. The van der Waals surface area contributed by atoms with Gasteiger partial charge in [0.15, 0.2) is 0 Å². The maximum absolute atomic E-state index is 13.2. The summed E-state index contributed by atoms with van der Waals surface area (Å²) in [6.45, 7) is 7.94. The van der Waals surface area contributed by atoms with E-state index in [0.29, 0.717) is 25.0 Å².